The molecule has 0 saturated carbocycles. The Balaban J connectivity index is 1.41. The molecule has 208 valence electrons. The van der Waals surface area contributed by atoms with Crippen molar-refractivity contribution in [2.45, 2.75) is 24.5 Å². The van der Waals surface area contributed by atoms with Crippen LogP contribution in [0.25, 0.3) is 21.8 Å². The van der Waals surface area contributed by atoms with E-state index in [1.165, 1.54) is 0 Å². The van der Waals surface area contributed by atoms with Gasteiger partial charge in [0, 0.05) is 51.0 Å². The van der Waals surface area contributed by atoms with Crippen molar-refractivity contribution in [3.05, 3.63) is 59.9 Å². The molecule has 5 rings (SSSR count). The van der Waals surface area contributed by atoms with E-state index in [1.807, 2.05) is 55.4 Å². The highest BCUT2D eigenvalue weighted by Crippen LogP contribution is 2.37. The Morgan fingerprint density at radius 2 is 1.26 bits per heavy atom. The van der Waals surface area contributed by atoms with Crippen LogP contribution in [-0.2, 0) is 18.8 Å². The molecule has 1 fully saturated rings. The number of aromatic nitrogens is 4. The quantitative estimate of drug-likeness (QED) is 0.339. The number of amides is 1. The van der Waals surface area contributed by atoms with E-state index < -0.39 is 24.5 Å². The van der Waals surface area contributed by atoms with Gasteiger partial charge in [-0.2, -0.15) is 36.5 Å². The maximum Gasteiger partial charge on any atom is 0.434 e. The molecule has 0 N–H and O–H groups in total. The molecular weight excluding hydrogens is 530 g/mol. The fourth-order valence-corrected chi connectivity index (χ4v) is 4.98. The number of fused-ring (bicyclic) bond motifs is 2. The lowest BCUT2D eigenvalue weighted by Gasteiger charge is -2.39. The highest BCUT2D eigenvalue weighted by Gasteiger charge is 2.60. The van der Waals surface area contributed by atoms with Crippen LogP contribution in [0.5, 0.6) is 0 Å². The number of rotatable bonds is 4. The van der Waals surface area contributed by atoms with Crippen LogP contribution in [0.4, 0.5) is 31.1 Å². The molecule has 39 heavy (non-hydrogen) atoms. The lowest BCUT2D eigenvalue weighted by Crippen LogP contribution is -2.53. The topological polar surface area (TPSA) is 68.4 Å². The molecule has 0 unspecified atom stereocenters. The minimum atomic E-state index is -5.77. The molecule has 8 nitrogen and oxygen atoms in total. The van der Waals surface area contributed by atoms with Gasteiger partial charge in [0.1, 0.15) is 0 Å². The number of nitrogens with zero attached hydrogens (tertiary/aromatic N) is 6. The highest BCUT2D eigenvalue weighted by atomic mass is 19.4. The summed E-state index contributed by atoms with van der Waals surface area (Å²) in [6.45, 7) is 0.168. The normalized spacial score (nSPS) is 15.7. The molecule has 1 amide bonds. The van der Waals surface area contributed by atoms with Gasteiger partial charge in [0.05, 0.1) is 29.5 Å². The summed E-state index contributed by atoms with van der Waals surface area (Å²) in [6.07, 6.45) is -13.9. The van der Waals surface area contributed by atoms with Crippen molar-refractivity contribution in [2.75, 3.05) is 26.2 Å². The van der Waals surface area contributed by atoms with Crippen LogP contribution >= 0.6 is 0 Å². The van der Waals surface area contributed by atoms with Gasteiger partial charge in [0.15, 0.2) is 0 Å². The van der Waals surface area contributed by atoms with E-state index >= 15 is 0 Å². The third-order valence-corrected chi connectivity index (χ3v) is 6.92. The first-order chi connectivity index (χ1) is 18.3. The Bertz CT molecular complexity index is 1410. The van der Waals surface area contributed by atoms with E-state index in [-0.39, 0.29) is 32.2 Å². The Labute approximate surface area is 218 Å². The van der Waals surface area contributed by atoms with Gasteiger partial charge < -0.3 is 9.64 Å². The van der Waals surface area contributed by atoms with Gasteiger partial charge in [0.25, 0.3) is 6.10 Å². The molecule has 0 atom stereocenters. The molecule has 3 heterocycles. The van der Waals surface area contributed by atoms with E-state index in [2.05, 4.69) is 14.9 Å². The molecule has 4 aromatic rings. The standard InChI is InChI=1S/C25H24F6N6O2/c1-34-19-5-3-15(11-17(19)13-32-34)21(16-4-6-20-18(12-16)14-33-35(20)2)36-7-9-37(10-8-36)23(38)39-22(24(26,27)28)25(29,30)31/h3-6,11-14,21-22H,7-10H2,1-2H3. The number of hydrogen-bond donors (Lipinski definition) is 0. The van der Waals surface area contributed by atoms with E-state index in [9.17, 15) is 31.1 Å². The Morgan fingerprint density at radius 1 is 0.795 bits per heavy atom. The van der Waals surface area contributed by atoms with Gasteiger partial charge in [0.2, 0.25) is 0 Å². The molecule has 0 bridgehead atoms. The van der Waals surface area contributed by atoms with Crippen molar-refractivity contribution in [2.24, 2.45) is 14.1 Å². The first-order valence-corrected chi connectivity index (χ1v) is 12.0. The summed E-state index contributed by atoms with van der Waals surface area (Å²) in [6, 6.07) is 11.5. The van der Waals surface area contributed by atoms with E-state index in [1.54, 1.807) is 21.8 Å². The maximum absolute atomic E-state index is 12.9. The number of piperazine rings is 1. The van der Waals surface area contributed by atoms with Crippen molar-refractivity contribution in [3.63, 3.8) is 0 Å². The van der Waals surface area contributed by atoms with Crippen molar-refractivity contribution in [1.82, 2.24) is 29.4 Å². The van der Waals surface area contributed by atoms with Gasteiger partial charge in [-0.05, 0) is 35.4 Å². The van der Waals surface area contributed by atoms with Gasteiger partial charge in [-0.25, -0.2) is 4.79 Å². The monoisotopic (exact) mass is 554 g/mol. The van der Waals surface area contributed by atoms with Gasteiger partial charge in [-0.15, -0.1) is 0 Å². The van der Waals surface area contributed by atoms with Gasteiger partial charge >= 0.3 is 18.4 Å². The summed E-state index contributed by atoms with van der Waals surface area (Å²) >= 11 is 0. The zero-order chi connectivity index (χ0) is 28.1. The van der Waals surface area contributed by atoms with E-state index in [4.69, 9.17) is 0 Å². The SMILES string of the molecule is Cn1ncc2cc(C(c3ccc4c(cnn4C)c3)N3CCN(C(=O)OC(C(F)(F)F)C(F)(F)F)CC3)ccc21. The Kier molecular flexibility index (Phi) is 6.69. The van der Waals surface area contributed by atoms with E-state index in [0.717, 1.165) is 37.8 Å². The summed E-state index contributed by atoms with van der Waals surface area (Å²) in [4.78, 5) is 15.2. The number of aryl methyl sites for hydroxylation is 2. The summed E-state index contributed by atoms with van der Waals surface area (Å²) in [5.74, 6) is 0. The van der Waals surface area contributed by atoms with E-state index in [0.29, 0.717) is 0 Å². The number of alkyl halides is 6. The summed E-state index contributed by atoms with van der Waals surface area (Å²) in [5.41, 5.74) is 3.70. The van der Waals surface area contributed by atoms with Crippen LogP contribution in [0.3, 0.4) is 0 Å². The second-order valence-electron chi connectivity index (χ2n) is 9.45. The maximum atomic E-state index is 12.9. The first-order valence-electron chi connectivity index (χ1n) is 12.0. The largest absolute Gasteiger partial charge is 0.434 e. The van der Waals surface area contributed by atoms with Crippen LogP contribution in [0.15, 0.2) is 48.8 Å². The zero-order valence-corrected chi connectivity index (χ0v) is 20.9. The van der Waals surface area contributed by atoms with Crippen LogP contribution in [0.1, 0.15) is 17.2 Å². The molecular formula is C25H24F6N6O2. The first kappa shape index (κ1) is 26.8. The molecule has 0 radical (unpaired) electrons. The second-order valence-corrected chi connectivity index (χ2v) is 9.45. The number of hydrogen-bond acceptors (Lipinski definition) is 5. The molecule has 1 aliphatic heterocycles. The van der Waals surface area contributed by atoms with Crippen LogP contribution in [0.2, 0.25) is 0 Å². The van der Waals surface area contributed by atoms with Crippen molar-refractivity contribution >= 4 is 27.9 Å². The summed E-state index contributed by atoms with van der Waals surface area (Å²) in [5, 5.41) is 10.4. The predicted octanol–water partition coefficient (Wildman–Crippen LogP) is 4.80. The second kappa shape index (κ2) is 9.74. The zero-order valence-electron chi connectivity index (χ0n) is 20.9. The smallest absolute Gasteiger partial charge is 0.426 e. The Morgan fingerprint density at radius 3 is 1.69 bits per heavy atom. The van der Waals surface area contributed by atoms with Crippen LogP contribution < -0.4 is 0 Å². The fraction of sp³-hybridized carbons (Fsp3) is 0.400. The highest BCUT2D eigenvalue weighted by molar-refractivity contribution is 5.81. The minimum Gasteiger partial charge on any atom is -0.426 e. The molecule has 2 aromatic heterocycles. The molecule has 0 aliphatic carbocycles. The lowest BCUT2D eigenvalue weighted by atomic mass is 9.94. The molecule has 1 saturated heterocycles. The van der Waals surface area contributed by atoms with Crippen molar-refractivity contribution in [1.29, 1.82) is 0 Å². The number of carbonyl (C=O) groups excluding carboxylic acids is 1. The number of benzene rings is 2. The number of ether oxygens (including phenoxy) is 1. The van der Waals surface area contributed by atoms with Crippen LogP contribution in [-0.4, -0.2) is 80.1 Å². The summed E-state index contributed by atoms with van der Waals surface area (Å²) in [7, 11) is 3.66. The third-order valence-electron chi connectivity index (χ3n) is 6.92. The predicted molar refractivity (Wildman–Crippen MR) is 129 cm³/mol. The average Bonchev–Trinajstić information content (AvgIpc) is 3.43. The molecule has 1 aliphatic rings. The van der Waals surface area contributed by atoms with Gasteiger partial charge in [-0.3, -0.25) is 14.3 Å². The number of carbonyl (C=O) groups is 1. The van der Waals surface area contributed by atoms with Crippen molar-refractivity contribution < 1.29 is 35.9 Å². The Hall–Kier alpha value is -3.81. The fourth-order valence-electron chi connectivity index (χ4n) is 4.98. The van der Waals surface area contributed by atoms with Gasteiger partial charge in [-0.1, -0.05) is 12.1 Å². The lowest BCUT2D eigenvalue weighted by molar-refractivity contribution is -0.308. The molecule has 2 aromatic carbocycles. The minimum absolute atomic E-state index is 0.109. The summed E-state index contributed by atoms with van der Waals surface area (Å²) < 4.78 is 84.6. The number of halogens is 6. The average molecular weight is 554 g/mol. The third kappa shape index (κ3) is 5.24. The molecule has 0 spiro atoms. The van der Waals surface area contributed by atoms with Crippen molar-refractivity contribution in [3.8, 4) is 0 Å². The van der Waals surface area contributed by atoms with Crippen LogP contribution in [0, 0.1) is 0 Å². The molecule has 14 heteroatoms.